The molecule has 1 aliphatic heterocycles. The summed E-state index contributed by atoms with van der Waals surface area (Å²) in [5, 5.41) is 4.96. The molecule has 0 aromatic heterocycles. The number of rotatable bonds is 8. The van der Waals surface area contributed by atoms with E-state index in [4.69, 9.17) is 14.6 Å². The second-order valence-electron chi connectivity index (χ2n) is 6.31. The van der Waals surface area contributed by atoms with E-state index in [-0.39, 0.29) is 30.4 Å². The van der Waals surface area contributed by atoms with Crippen molar-refractivity contribution in [2.75, 3.05) is 32.6 Å². The van der Waals surface area contributed by atoms with Gasteiger partial charge in [0.1, 0.15) is 11.5 Å². The fourth-order valence-corrected chi connectivity index (χ4v) is 3.44. The van der Waals surface area contributed by atoms with E-state index in [1.165, 1.54) is 0 Å². The van der Waals surface area contributed by atoms with Gasteiger partial charge in [0.05, 0.1) is 19.5 Å². The highest BCUT2D eigenvalue weighted by atomic mass is 32.2. The molecule has 140 valence electrons. The van der Waals surface area contributed by atoms with Gasteiger partial charge < -0.3 is 14.4 Å². The maximum absolute atomic E-state index is 12.2. The van der Waals surface area contributed by atoms with Gasteiger partial charge in [0.25, 0.3) is 0 Å². The maximum atomic E-state index is 12.2. The van der Waals surface area contributed by atoms with E-state index in [1.807, 2.05) is 24.3 Å². The normalized spacial score (nSPS) is 18.0. The van der Waals surface area contributed by atoms with Crippen LogP contribution >= 0.6 is 0 Å². The summed E-state index contributed by atoms with van der Waals surface area (Å²) in [4.78, 5) is 14.0. The van der Waals surface area contributed by atoms with E-state index < -0.39 is 10.0 Å². The number of ether oxygens (including phenoxy) is 2. The van der Waals surface area contributed by atoms with E-state index in [0.717, 1.165) is 24.3 Å². The van der Waals surface area contributed by atoms with Gasteiger partial charge in [-0.25, -0.2) is 13.6 Å². The van der Waals surface area contributed by atoms with Crippen LogP contribution in [-0.4, -0.2) is 51.8 Å². The zero-order valence-electron chi connectivity index (χ0n) is 14.5. The number of likely N-dealkylation sites (tertiary alicyclic amines) is 1. The fraction of sp³-hybridized carbons (Fsp3) is 0.588. The molecular weight excluding hydrogens is 344 g/mol. The molecule has 1 atom stereocenters. The van der Waals surface area contributed by atoms with Gasteiger partial charge >= 0.3 is 0 Å². The molecule has 1 aliphatic rings. The number of benzene rings is 1. The van der Waals surface area contributed by atoms with Gasteiger partial charge in [-0.2, -0.15) is 0 Å². The van der Waals surface area contributed by atoms with Crippen LogP contribution in [0.1, 0.15) is 25.7 Å². The van der Waals surface area contributed by atoms with Gasteiger partial charge in [0.2, 0.25) is 15.9 Å². The van der Waals surface area contributed by atoms with E-state index in [1.54, 1.807) is 12.0 Å². The Labute approximate surface area is 149 Å². The van der Waals surface area contributed by atoms with Crippen molar-refractivity contribution in [1.82, 2.24) is 4.90 Å². The lowest BCUT2D eigenvalue weighted by Crippen LogP contribution is -2.41. The zero-order valence-corrected chi connectivity index (χ0v) is 15.3. The summed E-state index contributed by atoms with van der Waals surface area (Å²) in [6.07, 6.45) is 2.42. The van der Waals surface area contributed by atoms with Gasteiger partial charge in [0.15, 0.2) is 0 Å². The molecule has 0 aliphatic carbocycles. The Balaban J connectivity index is 1.76. The number of sulfonamides is 1. The van der Waals surface area contributed by atoms with Crippen molar-refractivity contribution < 1.29 is 22.7 Å². The number of methoxy groups -OCH3 is 1. The molecule has 1 fully saturated rings. The Kier molecular flexibility index (Phi) is 7.07. The van der Waals surface area contributed by atoms with Crippen LogP contribution in [0.25, 0.3) is 0 Å². The van der Waals surface area contributed by atoms with Crippen molar-refractivity contribution in [2.24, 2.45) is 11.1 Å². The third-order valence-electron chi connectivity index (χ3n) is 4.24. The van der Waals surface area contributed by atoms with Crippen LogP contribution in [0.3, 0.4) is 0 Å². The summed E-state index contributed by atoms with van der Waals surface area (Å²) in [6, 6.07) is 7.41. The first kappa shape index (κ1) is 19.5. The number of amides is 1. The average Bonchev–Trinajstić information content (AvgIpc) is 2.59. The van der Waals surface area contributed by atoms with Crippen LogP contribution in [0.2, 0.25) is 0 Å². The van der Waals surface area contributed by atoms with Crippen molar-refractivity contribution >= 4 is 15.9 Å². The Morgan fingerprint density at radius 3 is 2.60 bits per heavy atom. The molecule has 1 saturated heterocycles. The lowest BCUT2D eigenvalue weighted by Gasteiger charge is -2.32. The minimum Gasteiger partial charge on any atom is -0.497 e. The third kappa shape index (κ3) is 6.91. The smallest absolute Gasteiger partial charge is 0.222 e. The number of carbonyl (C=O) groups is 1. The Hall–Kier alpha value is -1.80. The van der Waals surface area contributed by atoms with Gasteiger partial charge in [-0.15, -0.1) is 0 Å². The summed E-state index contributed by atoms with van der Waals surface area (Å²) < 4.78 is 32.8. The molecule has 1 aromatic rings. The minimum absolute atomic E-state index is 0.0159. The van der Waals surface area contributed by atoms with Crippen LogP contribution in [0, 0.1) is 5.92 Å². The highest BCUT2D eigenvalue weighted by Gasteiger charge is 2.24. The van der Waals surface area contributed by atoms with Crippen molar-refractivity contribution in [3.8, 4) is 11.5 Å². The van der Waals surface area contributed by atoms with Crippen LogP contribution < -0.4 is 14.6 Å². The lowest BCUT2D eigenvalue weighted by atomic mass is 9.98. The molecule has 0 bridgehead atoms. The predicted molar refractivity (Wildman–Crippen MR) is 95.0 cm³/mol. The quantitative estimate of drug-likeness (QED) is 0.745. The molecule has 8 heteroatoms. The van der Waals surface area contributed by atoms with Crippen LogP contribution in [0.4, 0.5) is 0 Å². The standard InChI is InChI=1S/C17H26N2O5S/c1-23-15-6-8-16(9-7-15)24-13-14-4-2-10-19(12-14)17(20)5-3-11-25(18,21)22/h6-9,14H,2-5,10-13H2,1H3,(H2,18,21,22)/t14-/m0/s1. The lowest BCUT2D eigenvalue weighted by molar-refractivity contribution is -0.133. The highest BCUT2D eigenvalue weighted by molar-refractivity contribution is 7.89. The molecule has 0 unspecified atom stereocenters. The second kappa shape index (κ2) is 9.05. The Bertz CT molecular complexity index is 660. The number of hydrogen-bond donors (Lipinski definition) is 1. The van der Waals surface area contributed by atoms with Gasteiger partial charge in [-0.3, -0.25) is 4.79 Å². The average molecular weight is 370 g/mol. The van der Waals surface area contributed by atoms with Gasteiger partial charge in [-0.05, 0) is 43.5 Å². The number of nitrogens with two attached hydrogens (primary N) is 1. The highest BCUT2D eigenvalue weighted by Crippen LogP contribution is 2.21. The van der Waals surface area contributed by atoms with E-state index in [2.05, 4.69) is 0 Å². The molecule has 0 saturated carbocycles. The zero-order chi connectivity index (χ0) is 18.3. The first-order valence-electron chi connectivity index (χ1n) is 8.42. The van der Waals surface area contributed by atoms with Crippen LogP contribution in [0.15, 0.2) is 24.3 Å². The molecule has 1 heterocycles. The van der Waals surface area contributed by atoms with Crippen molar-refractivity contribution in [3.63, 3.8) is 0 Å². The third-order valence-corrected chi connectivity index (χ3v) is 5.09. The second-order valence-corrected chi connectivity index (χ2v) is 8.04. The summed E-state index contributed by atoms with van der Waals surface area (Å²) in [6.45, 7) is 1.91. The fourth-order valence-electron chi connectivity index (χ4n) is 2.90. The van der Waals surface area contributed by atoms with Gasteiger partial charge in [0, 0.05) is 25.4 Å². The van der Waals surface area contributed by atoms with E-state index >= 15 is 0 Å². The molecule has 0 radical (unpaired) electrons. The summed E-state index contributed by atoms with van der Waals surface area (Å²) in [7, 11) is -1.89. The number of primary sulfonamides is 1. The molecule has 1 aromatic carbocycles. The number of carbonyl (C=O) groups excluding carboxylic acids is 1. The first-order valence-corrected chi connectivity index (χ1v) is 10.1. The monoisotopic (exact) mass is 370 g/mol. The van der Waals surface area contributed by atoms with Crippen molar-refractivity contribution in [1.29, 1.82) is 0 Å². The van der Waals surface area contributed by atoms with Gasteiger partial charge in [-0.1, -0.05) is 0 Å². The molecule has 25 heavy (non-hydrogen) atoms. The molecular formula is C17H26N2O5S. The minimum atomic E-state index is -3.51. The van der Waals surface area contributed by atoms with E-state index in [9.17, 15) is 13.2 Å². The SMILES string of the molecule is COc1ccc(OC[C@H]2CCCN(C(=O)CCCS(N)(=O)=O)C2)cc1. The van der Waals surface area contributed by atoms with E-state index in [0.29, 0.717) is 19.7 Å². The van der Waals surface area contributed by atoms with Crippen LogP contribution in [0.5, 0.6) is 11.5 Å². The number of piperidine rings is 1. The number of nitrogens with zero attached hydrogens (tertiary/aromatic N) is 1. The van der Waals surface area contributed by atoms with Crippen molar-refractivity contribution in [3.05, 3.63) is 24.3 Å². The molecule has 2 N–H and O–H groups in total. The Morgan fingerprint density at radius 1 is 1.28 bits per heavy atom. The molecule has 7 nitrogen and oxygen atoms in total. The summed E-state index contributed by atoms with van der Waals surface area (Å²) in [5.41, 5.74) is 0. The summed E-state index contributed by atoms with van der Waals surface area (Å²) in [5.74, 6) is 1.66. The first-order chi connectivity index (χ1) is 11.9. The van der Waals surface area contributed by atoms with Crippen molar-refractivity contribution in [2.45, 2.75) is 25.7 Å². The maximum Gasteiger partial charge on any atom is 0.222 e. The Morgan fingerprint density at radius 2 is 1.96 bits per heavy atom. The molecule has 0 spiro atoms. The predicted octanol–water partition coefficient (Wildman–Crippen LogP) is 1.38. The number of hydrogen-bond acceptors (Lipinski definition) is 5. The summed E-state index contributed by atoms with van der Waals surface area (Å²) >= 11 is 0. The largest absolute Gasteiger partial charge is 0.497 e. The van der Waals surface area contributed by atoms with Crippen LogP contribution in [-0.2, 0) is 14.8 Å². The molecule has 1 amide bonds. The molecule has 2 rings (SSSR count). The topological polar surface area (TPSA) is 98.9 Å².